The molecule has 272 valence electrons. The maximum Gasteiger partial charge on any atom is 0.321 e. The SMILES string of the molecule is CC(CCC(=O)N(C=O)COC(=O)CN)N1Cc2cc(C(=O)NCc3ccc(CNC(=O)Cn4c5ccccc5c5cccnc54)cc3)ccc2C1=O. The quantitative estimate of drug-likeness (QED) is 0.0832. The normalized spacial score (nSPS) is 12.7. The van der Waals surface area contributed by atoms with Crippen LogP contribution < -0.4 is 16.4 Å². The van der Waals surface area contributed by atoms with Gasteiger partial charge in [-0.25, -0.2) is 4.98 Å². The fourth-order valence-electron chi connectivity index (χ4n) is 6.33. The molecule has 0 saturated heterocycles. The van der Waals surface area contributed by atoms with Crippen molar-refractivity contribution in [2.24, 2.45) is 5.73 Å². The number of hydrogen-bond acceptors (Lipinski definition) is 9. The topological polar surface area (TPSA) is 186 Å². The molecule has 53 heavy (non-hydrogen) atoms. The summed E-state index contributed by atoms with van der Waals surface area (Å²) in [6.45, 7) is 1.93. The van der Waals surface area contributed by atoms with Gasteiger partial charge in [0.2, 0.25) is 18.2 Å². The molecule has 4 N–H and O–H groups in total. The Kier molecular flexibility index (Phi) is 11.2. The van der Waals surface area contributed by atoms with Crippen LogP contribution in [0.3, 0.4) is 0 Å². The number of nitrogens with zero attached hydrogens (tertiary/aromatic N) is 4. The summed E-state index contributed by atoms with van der Waals surface area (Å²) in [5.41, 5.74) is 10.3. The Bertz CT molecular complexity index is 2140. The lowest BCUT2D eigenvalue weighted by Crippen LogP contribution is -2.37. The zero-order valence-electron chi connectivity index (χ0n) is 29.1. The van der Waals surface area contributed by atoms with Gasteiger partial charge in [-0.2, -0.15) is 0 Å². The highest BCUT2D eigenvalue weighted by molar-refractivity contribution is 6.07. The first-order valence-corrected chi connectivity index (χ1v) is 17.2. The van der Waals surface area contributed by atoms with E-state index in [-0.39, 0.29) is 69.2 Å². The van der Waals surface area contributed by atoms with E-state index in [1.165, 1.54) is 0 Å². The average molecular weight is 718 g/mol. The van der Waals surface area contributed by atoms with Crippen molar-refractivity contribution in [3.63, 3.8) is 0 Å². The summed E-state index contributed by atoms with van der Waals surface area (Å²) in [6, 6.07) is 24.0. The van der Waals surface area contributed by atoms with Gasteiger partial charge in [-0.3, -0.25) is 33.7 Å². The van der Waals surface area contributed by atoms with Gasteiger partial charge in [0.25, 0.3) is 11.8 Å². The number of benzene rings is 3. The van der Waals surface area contributed by atoms with Crippen LogP contribution in [-0.4, -0.2) is 74.7 Å². The summed E-state index contributed by atoms with van der Waals surface area (Å²) in [5, 5.41) is 7.96. The molecule has 14 heteroatoms. The van der Waals surface area contributed by atoms with E-state index in [0.717, 1.165) is 38.0 Å². The van der Waals surface area contributed by atoms with Crippen LogP contribution >= 0.6 is 0 Å². The van der Waals surface area contributed by atoms with E-state index in [9.17, 15) is 28.8 Å². The van der Waals surface area contributed by atoms with Crippen LogP contribution in [0.25, 0.3) is 21.9 Å². The number of hydrogen-bond donors (Lipinski definition) is 3. The van der Waals surface area contributed by atoms with Crippen molar-refractivity contribution in [1.29, 1.82) is 0 Å². The summed E-state index contributed by atoms with van der Waals surface area (Å²) in [4.78, 5) is 81.0. The van der Waals surface area contributed by atoms with Crippen LogP contribution in [0.1, 0.15) is 57.2 Å². The van der Waals surface area contributed by atoms with Crippen LogP contribution in [-0.2, 0) is 50.1 Å². The third-order valence-corrected chi connectivity index (χ3v) is 9.28. The molecular weight excluding hydrogens is 678 g/mol. The molecule has 0 spiro atoms. The van der Waals surface area contributed by atoms with Gasteiger partial charge in [-0.15, -0.1) is 0 Å². The Hall–Kier alpha value is -6.41. The molecule has 5 aromatic rings. The molecule has 0 saturated carbocycles. The number of fused-ring (bicyclic) bond motifs is 4. The van der Waals surface area contributed by atoms with Crippen molar-refractivity contribution in [2.75, 3.05) is 13.3 Å². The first kappa shape index (κ1) is 36.4. The minimum Gasteiger partial charge on any atom is -0.443 e. The van der Waals surface area contributed by atoms with E-state index in [1.54, 1.807) is 36.2 Å². The number of rotatable bonds is 15. The van der Waals surface area contributed by atoms with Gasteiger partial charge in [-0.05, 0) is 66.4 Å². The molecule has 0 aliphatic carbocycles. The second kappa shape index (κ2) is 16.3. The Balaban J connectivity index is 0.970. The number of pyridine rings is 1. The lowest BCUT2D eigenvalue weighted by atomic mass is 10.1. The van der Waals surface area contributed by atoms with Crippen LogP contribution in [0.5, 0.6) is 0 Å². The molecule has 2 aromatic heterocycles. The number of esters is 1. The number of para-hydroxylation sites is 1. The first-order chi connectivity index (χ1) is 25.7. The molecule has 3 aromatic carbocycles. The molecule has 1 aliphatic rings. The summed E-state index contributed by atoms with van der Waals surface area (Å²) < 4.78 is 6.68. The average Bonchev–Trinajstić information content (AvgIpc) is 3.69. The zero-order chi connectivity index (χ0) is 37.5. The second-order valence-electron chi connectivity index (χ2n) is 12.8. The van der Waals surface area contributed by atoms with E-state index in [2.05, 4.69) is 15.6 Å². The van der Waals surface area contributed by atoms with E-state index in [0.29, 0.717) is 23.2 Å². The number of nitrogens with one attached hydrogen (secondary N) is 2. The van der Waals surface area contributed by atoms with Crippen LogP contribution in [0.4, 0.5) is 0 Å². The second-order valence-corrected chi connectivity index (χ2v) is 12.8. The number of amides is 5. The maximum absolute atomic E-state index is 13.1. The molecule has 3 heterocycles. The Morgan fingerprint density at radius 2 is 1.68 bits per heavy atom. The predicted molar refractivity (Wildman–Crippen MR) is 195 cm³/mol. The van der Waals surface area contributed by atoms with Gasteiger partial charge in [0.1, 0.15) is 12.2 Å². The Labute approximate surface area is 304 Å². The maximum atomic E-state index is 13.1. The standard InChI is InChI=1S/C39H39N7O7/c1-25(8-15-35(49)44(23-47)24-53-36(50)18-40)45-21-29-17-28(13-14-30(29)39(45)52)38(51)43-20-27-11-9-26(10-12-27)19-42-34(48)22-46-33-7-3-2-5-31(33)32-6-4-16-41-37(32)46/h2-7,9-14,16-17,23,25H,8,15,18-22,24,40H2,1H3,(H,42,48)(H,43,51). The highest BCUT2D eigenvalue weighted by Gasteiger charge is 2.32. The molecule has 0 bridgehead atoms. The minimum absolute atomic E-state index is 0.0506. The van der Waals surface area contributed by atoms with Crippen molar-refractivity contribution < 1.29 is 33.5 Å². The summed E-state index contributed by atoms with van der Waals surface area (Å²) in [5.74, 6) is -1.94. The molecule has 5 amide bonds. The summed E-state index contributed by atoms with van der Waals surface area (Å²) in [7, 11) is 0. The first-order valence-electron chi connectivity index (χ1n) is 17.2. The highest BCUT2D eigenvalue weighted by Crippen LogP contribution is 2.28. The smallest absolute Gasteiger partial charge is 0.321 e. The van der Waals surface area contributed by atoms with Crippen molar-refractivity contribution in [3.8, 4) is 0 Å². The van der Waals surface area contributed by atoms with E-state index < -0.39 is 18.6 Å². The highest BCUT2D eigenvalue weighted by atomic mass is 16.5. The number of ether oxygens (including phenoxy) is 1. The lowest BCUT2D eigenvalue weighted by Gasteiger charge is -2.24. The summed E-state index contributed by atoms with van der Waals surface area (Å²) in [6.07, 6.45) is 2.23. The molecule has 1 aliphatic heterocycles. The zero-order valence-corrected chi connectivity index (χ0v) is 29.1. The summed E-state index contributed by atoms with van der Waals surface area (Å²) >= 11 is 0. The van der Waals surface area contributed by atoms with Gasteiger partial charge in [-0.1, -0.05) is 42.5 Å². The number of carbonyl (C=O) groups is 6. The molecule has 1 atom stereocenters. The molecule has 0 fully saturated rings. The number of imide groups is 1. The molecule has 0 radical (unpaired) electrons. The van der Waals surface area contributed by atoms with Crippen molar-refractivity contribution in [2.45, 2.75) is 52.0 Å². The lowest BCUT2D eigenvalue weighted by molar-refractivity contribution is -0.154. The van der Waals surface area contributed by atoms with E-state index in [4.69, 9.17) is 10.5 Å². The van der Waals surface area contributed by atoms with E-state index in [1.807, 2.05) is 65.2 Å². The molecule has 6 rings (SSSR count). The number of nitrogens with two attached hydrogens (primary N) is 1. The fourth-order valence-corrected chi connectivity index (χ4v) is 6.33. The van der Waals surface area contributed by atoms with Gasteiger partial charge >= 0.3 is 5.97 Å². The van der Waals surface area contributed by atoms with Crippen LogP contribution in [0.2, 0.25) is 0 Å². The molecule has 14 nitrogen and oxygen atoms in total. The number of carbonyl (C=O) groups excluding carboxylic acids is 6. The van der Waals surface area contributed by atoms with Gasteiger partial charge in [0.05, 0.1) is 12.1 Å². The largest absolute Gasteiger partial charge is 0.443 e. The van der Waals surface area contributed by atoms with Gasteiger partial charge < -0.3 is 30.6 Å². The van der Waals surface area contributed by atoms with Gasteiger partial charge in [0, 0.05) is 60.2 Å². The third kappa shape index (κ3) is 8.23. The van der Waals surface area contributed by atoms with Crippen LogP contribution in [0, 0.1) is 0 Å². The Morgan fingerprint density at radius 3 is 2.42 bits per heavy atom. The molecule has 1 unspecified atom stereocenters. The van der Waals surface area contributed by atoms with E-state index >= 15 is 0 Å². The van der Waals surface area contributed by atoms with Crippen molar-refractivity contribution >= 4 is 57.9 Å². The Morgan fingerprint density at radius 1 is 0.962 bits per heavy atom. The van der Waals surface area contributed by atoms with Crippen LogP contribution in [0.15, 0.2) is 85.1 Å². The van der Waals surface area contributed by atoms with Gasteiger partial charge in [0.15, 0.2) is 6.73 Å². The predicted octanol–water partition coefficient (Wildman–Crippen LogP) is 3.00. The van der Waals surface area contributed by atoms with Crippen molar-refractivity contribution in [3.05, 3.63) is 113 Å². The number of aromatic nitrogens is 2. The third-order valence-electron chi connectivity index (χ3n) is 9.28. The monoisotopic (exact) mass is 717 g/mol. The van der Waals surface area contributed by atoms with Crippen molar-refractivity contribution in [1.82, 2.24) is 30.0 Å². The minimum atomic E-state index is -0.745. The molecular formula is C39H39N7O7. The fraction of sp³-hybridized carbons (Fsp3) is 0.256.